The third-order valence-corrected chi connectivity index (χ3v) is 5.44. The van der Waals surface area contributed by atoms with Gasteiger partial charge in [0, 0.05) is 7.05 Å². The molecule has 0 aliphatic heterocycles. The van der Waals surface area contributed by atoms with E-state index >= 15 is 0 Å². The summed E-state index contributed by atoms with van der Waals surface area (Å²) < 4.78 is 31.1. The van der Waals surface area contributed by atoms with E-state index < -0.39 is 16.0 Å². The molecule has 0 heterocycles. The Morgan fingerprint density at radius 2 is 1.61 bits per heavy atom. The number of ether oxygens (including phenoxy) is 1. The highest BCUT2D eigenvalue weighted by molar-refractivity contribution is 7.92. The van der Waals surface area contributed by atoms with Crippen molar-refractivity contribution >= 4 is 21.7 Å². The number of hydrogen-bond donors (Lipinski definition) is 0. The van der Waals surface area contributed by atoms with Crippen LogP contribution in [0.25, 0.3) is 0 Å². The van der Waals surface area contributed by atoms with E-state index in [9.17, 15) is 13.2 Å². The second kappa shape index (κ2) is 6.83. The molecule has 2 aromatic rings. The number of carbonyl (C=O) groups is 1. The lowest BCUT2D eigenvalue weighted by atomic mass is 10.2. The van der Waals surface area contributed by atoms with Gasteiger partial charge in [0.05, 0.1) is 23.3 Å². The highest BCUT2D eigenvalue weighted by Crippen LogP contribution is 2.23. The number of rotatable bonds is 5. The van der Waals surface area contributed by atoms with Crippen molar-refractivity contribution < 1.29 is 17.9 Å². The molecule has 0 unspecified atom stereocenters. The SMILES string of the molecule is CCc1ccc(S(=O)(=O)N(C)c2ccc(C(=O)OC)cc2)cc1. The predicted molar refractivity (Wildman–Crippen MR) is 89.2 cm³/mol. The number of carbonyl (C=O) groups excluding carboxylic acids is 1. The molecule has 6 heteroatoms. The molecule has 0 spiro atoms. The molecule has 122 valence electrons. The van der Waals surface area contributed by atoms with E-state index in [-0.39, 0.29) is 4.90 Å². The molecule has 0 bridgehead atoms. The molecule has 5 nitrogen and oxygen atoms in total. The summed E-state index contributed by atoms with van der Waals surface area (Å²) >= 11 is 0. The Balaban J connectivity index is 2.30. The van der Waals surface area contributed by atoms with Crippen LogP contribution in [0.2, 0.25) is 0 Å². The van der Waals surface area contributed by atoms with Gasteiger partial charge in [-0.25, -0.2) is 13.2 Å². The molecule has 0 N–H and O–H groups in total. The van der Waals surface area contributed by atoms with Crippen molar-refractivity contribution in [2.45, 2.75) is 18.2 Å². The molecule has 0 aliphatic rings. The fraction of sp³-hybridized carbons (Fsp3) is 0.235. The first-order valence-corrected chi connectivity index (χ1v) is 8.60. The molecule has 0 saturated heterocycles. The van der Waals surface area contributed by atoms with E-state index in [0.29, 0.717) is 11.3 Å². The minimum Gasteiger partial charge on any atom is -0.465 e. The van der Waals surface area contributed by atoms with Gasteiger partial charge < -0.3 is 4.74 Å². The van der Waals surface area contributed by atoms with Crippen molar-refractivity contribution in [3.05, 3.63) is 59.7 Å². The van der Waals surface area contributed by atoms with Crippen molar-refractivity contribution in [3.63, 3.8) is 0 Å². The third-order valence-electron chi connectivity index (χ3n) is 3.64. The van der Waals surface area contributed by atoms with Crippen LogP contribution in [0.3, 0.4) is 0 Å². The van der Waals surface area contributed by atoms with Crippen LogP contribution in [0.4, 0.5) is 5.69 Å². The van der Waals surface area contributed by atoms with Crippen LogP contribution in [0, 0.1) is 0 Å². The van der Waals surface area contributed by atoms with Crippen molar-refractivity contribution in [2.75, 3.05) is 18.5 Å². The van der Waals surface area contributed by atoms with Crippen molar-refractivity contribution in [1.29, 1.82) is 0 Å². The maximum absolute atomic E-state index is 12.6. The first-order valence-electron chi connectivity index (χ1n) is 7.16. The molecule has 0 aromatic heterocycles. The summed E-state index contributed by atoms with van der Waals surface area (Å²) in [5.41, 5.74) is 1.92. The summed E-state index contributed by atoms with van der Waals surface area (Å²) in [5.74, 6) is -0.461. The number of hydrogen-bond acceptors (Lipinski definition) is 4. The molecule has 2 rings (SSSR count). The minimum atomic E-state index is -3.64. The van der Waals surface area contributed by atoms with Gasteiger partial charge in [-0.1, -0.05) is 19.1 Å². The Labute approximate surface area is 136 Å². The average Bonchev–Trinajstić information content (AvgIpc) is 2.60. The largest absolute Gasteiger partial charge is 0.465 e. The van der Waals surface area contributed by atoms with Gasteiger partial charge in [0.15, 0.2) is 0 Å². The van der Waals surface area contributed by atoms with Gasteiger partial charge in [-0.05, 0) is 48.4 Å². The molecular formula is C17H19NO4S. The zero-order valence-corrected chi connectivity index (χ0v) is 14.1. The smallest absolute Gasteiger partial charge is 0.337 e. The Morgan fingerprint density at radius 3 is 2.09 bits per heavy atom. The van der Waals surface area contributed by atoms with Gasteiger partial charge in [0.1, 0.15) is 0 Å². The second-order valence-electron chi connectivity index (χ2n) is 5.01. The molecular weight excluding hydrogens is 314 g/mol. The zero-order valence-electron chi connectivity index (χ0n) is 13.3. The molecule has 2 aromatic carbocycles. The summed E-state index contributed by atoms with van der Waals surface area (Å²) in [6.45, 7) is 2.01. The van der Waals surface area contributed by atoms with Crippen molar-refractivity contribution in [2.24, 2.45) is 0 Å². The maximum Gasteiger partial charge on any atom is 0.337 e. The van der Waals surface area contributed by atoms with E-state index in [2.05, 4.69) is 4.74 Å². The summed E-state index contributed by atoms with van der Waals surface area (Å²) in [6.07, 6.45) is 0.852. The Kier molecular flexibility index (Phi) is 5.05. The summed E-state index contributed by atoms with van der Waals surface area (Å²) in [5, 5.41) is 0. The number of benzene rings is 2. The van der Waals surface area contributed by atoms with Crippen molar-refractivity contribution in [3.8, 4) is 0 Å². The first kappa shape index (κ1) is 17.0. The maximum atomic E-state index is 12.6. The number of sulfonamides is 1. The molecule has 0 amide bonds. The molecule has 23 heavy (non-hydrogen) atoms. The quantitative estimate of drug-likeness (QED) is 0.789. The van der Waals surface area contributed by atoms with Crippen LogP contribution < -0.4 is 4.31 Å². The Hall–Kier alpha value is -2.34. The van der Waals surface area contributed by atoms with Crippen LogP contribution in [-0.2, 0) is 21.2 Å². The number of methoxy groups -OCH3 is 1. The zero-order chi connectivity index (χ0) is 17.0. The van der Waals surface area contributed by atoms with E-state index in [4.69, 9.17) is 0 Å². The highest BCUT2D eigenvalue weighted by Gasteiger charge is 2.21. The summed E-state index contributed by atoms with van der Waals surface area (Å²) in [4.78, 5) is 11.7. The molecule has 0 aliphatic carbocycles. The summed E-state index contributed by atoms with van der Waals surface area (Å²) in [6, 6.07) is 13.0. The van der Waals surface area contributed by atoms with Gasteiger partial charge >= 0.3 is 5.97 Å². The lowest BCUT2D eigenvalue weighted by Crippen LogP contribution is -2.26. The second-order valence-corrected chi connectivity index (χ2v) is 6.98. The monoisotopic (exact) mass is 333 g/mol. The van der Waals surface area contributed by atoms with Crippen LogP contribution >= 0.6 is 0 Å². The minimum absolute atomic E-state index is 0.231. The van der Waals surface area contributed by atoms with E-state index in [1.807, 2.05) is 6.92 Å². The third kappa shape index (κ3) is 3.53. The number of esters is 1. The van der Waals surface area contributed by atoms with Crippen LogP contribution in [-0.4, -0.2) is 28.5 Å². The summed E-state index contributed by atoms with van der Waals surface area (Å²) in [7, 11) is -0.858. The number of anilines is 1. The first-order chi connectivity index (χ1) is 10.9. The fourth-order valence-corrected chi connectivity index (χ4v) is 3.31. The molecule has 0 saturated carbocycles. The van der Waals surface area contributed by atoms with Crippen LogP contribution in [0.1, 0.15) is 22.8 Å². The van der Waals surface area contributed by atoms with Crippen LogP contribution in [0.5, 0.6) is 0 Å². The number of nitrogens with zero attached hydrogens (tertiary/aromatic N) is 1. The van der Waals surface area contributed by atoms with Gasteiger partial charge in [0.25, 0.3) is 10.0 Å². The molecule has 0 radical (unpaired) electrons. The Bertz CT molecular complexity index is 780. The van der Waals surface area contributed by atoms with E-state index in [0.717, 1.165) is 12.0 Å². The van der Waals surface area contributed by atoms with Crippen molar-refractivity contribution in [1.82, 2.24) is 0 Å². The Morgan fingerprint density at radius 1 is 1.04 bits per heavy atom. The standard InChI is InChI=1S/C17H19NO4S/c1-4-13-5-11-16(12-6-13)23(20,21)18(2)15-9-7-14(8-10-15)17(19)22-3/h5-12H,4H2,1-3H3. The lowest BCUT2D eigenvalue weighted by molar-refractivity contribution is 0.0601. The molecule has 0 atom stereocenters. The topological polar surface area (TPSA) is 63.7 Å². The highest BCUT2D eigenvalue weighted by atomic mass is 32.2. The van der Waals surface area contributed by atoms with Crippen LogP contribution in [0.15, 0.2) is 53.4 Å². The number of aryl methyl sites for hydroxylation is 1. The predicted octanol–water partition coefficient (Wildman–Crippen LogP) is 2.86. The fourth-order valence-electron chi connectivity index (χ4n) is 2.12. The van der Waals surface area contributed by atoms with Gasteiger partial charge in [-0.15, -0.1) is 0 Å². The van der Waals surface area contributed by atoms with Gasteiger partial charge in [-0.3, -0.25) is 4.31 Å². The lowest BCUT2D eigenvalue weighted by Gasteiger charge is -2.20. The van der Waals surface area contributed by atoms with Gasteiger partial charge in [-0.2, -0.15) is 0 Å². The average molecular weight is 333 g/mol. The normalized spacial score (nSPS) is 11.1. The van der Waals surface area contributed by atoms with Gasteiger partial charge in [0.2, 0.25) is 0 Å². The molecule has 0 fully saturated rings. The van der Waals surface area contributed by atoms with E-state index in [1.165, 1.54) is 30.6 Å². The van der Waals surface area contributed by atoms with E-state index in [1.54, 1.807) is 36.4 Å².